The zero-order valence-electron chi connectivity index (χ0n) is 7.69. The molecule has 0 atom stereocenters. The van der Waals surface area contributed by atoms with Crippen molar-refractivity contribution in [1.29, 1.82) is 0 Å². The van der Waals surface area contributed by atoms with Gasteiger partial charge in [-0.2, -0.15) is 0 Å². The highest BCUT2D eigenvalue weighted by Crippen LogP contribution is 2.03. The summed E-state index contributed by atoms with van der Waals surface area (Å²) in [6, 6.07) is 9.17. The number of carbonyl (C=O) groups is 2. The summed E-state index contributed by atoms with van der Waals surface area (Å²) >= 11 is 0. The third-order valence-electron chi connectivity index (χ3n) is 1.57. The van der Waals surface area contributed by atoms with Gasteiger partial charge in [0.05, 0.1) is 13.1 Å². The van der Waals surface area contributed by atoms with Crippen molar-refractivity contribution in [2.45, 2.75) is 0 Å². The van der Waals surface area contributed by atoms with Gasteiger partial charge in [0, 0.05) is 5.69 Å². The molecular weight excluding hydrogens is 180 g/mol. The summed E-state index contributed by atoms with van der Waals surface area (Å²) in [7, 11) is 0. The Morgan fingerprint density at radius 2 is 2.00 bits per heavy atom. The van der Waals surface area contributed by atoms with Gasteiger partial charge in [-0.15, -0.1) is 0 Å². The van der Waals surface area contributed by atoms with Crippen LogP contribution >= 0.6 is 0 Å². The molecule has 0 aliphatic rings. The number of hydrogen-bond acceptors (Lipinski definition) is 3. The van der Waals surface area contributed by atoms with Gasteiger partial charge in [0.1, 0.15) is 6.29 Å². The Labute approximate surface area is 82.3 Å². The summed E-state index contributed by atoms with van der Waals surface area (Å²) in [5.74, 6) is -0.155. The van der Waals surface area contributed by atoms with E-state index in [9.17, 15) is 9.59 Å². The summed E-state index contributed by atoms with van der Waals surface area (Å²) in [5, 5.41) is 5.36. The minimum Gasteiger partial charge on any atom is -0.325 e. The molecule has 74 valence electrons. The zero-order valence-corrected chi connectivity index (χ0v) is 7.69. The molecule has 1 aromatic carbocycles. The predicted octanol–water partition coefficient (Wildman–Crippen LogP) is 0.414. The Balaban J connectivity index is 2.31. The van der Waals surface area contributed by atoms with Crippen molar-refractivity contribution in [3.63, 3.8) is 0 Å². The average Bonchev–Trinajstić information content (AvgIpc) is 2.20. The van der Waals surface area contributed by atoms with E-state index < -0.39 is 0 Å². The van der Waals surface area contributed by atoms with Crippen LogP contribution in [-0.4, -0.2) is 25.3 Å². The molecule has 0 heterocycles. The third kappa shape index (κ3) is 3.82. The van der Waals surface area contributed by atoms with Gasteiger partial charge in [0.15, 0.2) is 0 Å². The third-order valence-corrected chi connectivity index (χ3v) is 1.57. The first-order valence-electron chi connectivity index (χ1n) is 4.32. The lowest BCUT2D eigenvalue weighted by atomic mass is 10.3. The summed E-state index contributed by atoms with van der Waals surface area (Å²) in [6.07, 6.45) is 0.718. The van der Waals surface area contributed by atoms with E-state index in [-0.39, 0.29) is 19.0 Å². The van der Waals surface area contributed by atoms with Crippen LogP contribution in [0.4, 0.5) is 5.69 Å². The molecule has 1 amide bonds. The van der Waals surface area contributed by atoms with E-state index in [0.717, 1.165) is 12.0 Å². The van der Waals surface area contributed by atoms with E-state index >= 15 is 0 Å². The molecule has 1 rings (SSSR count). The first kappa shape index (κ1) is 10.4. The number of nitrogens with one attached hydrogen (secondary N) is 2. The topological polar surface area (TPSA) is 58.2 Å². The minimum atomic E-state index is -0.155. The van der Waals surface area contributed by atoms with E-state index in [0.29, 0.717) is 0 Å². The van der Waals surface area contributed by atoms with Crippen LogP contribution in [0.25, 0.3) is 0 Å². The smallest absolute Gasteiger partial charge is 0.238 e. The number of para-hydroxylation sites is 1. The van der Waals surface area contributed by atoms with Crippen LogP contribution < -0.4 is 10.6 Å². The van der Waals surface area contributed by atoms with Crippen molar-refractivity contribution in [1.82, 2.24) is 5.32 Å². The van der Waals surface area contributed by atoms with E-state index in [1.807, 2.05) is 18.2 Å². The Hall–Kier alpha value is -1.68. The number of benzene rings is 1. The number of amides is 1. The first-order chi connectivity index (χ1) is 6.83. The first-order valence-corrected chi connectivity index (χ1v) is 4.32. The van der Waals surface area contributed by atoms with Crippen molar-refractivity contribution in [3.8, 4) is 0 Å². The number of hydrogen-bond donors (Lipinski definition) is 2. The standard InChI is InChI=1S/C10H12N2O2/c13-7-6-11-8-10(14)12-9-4-2-1-3-5-9/h1-5,7,11H,6,8H2,(H,12,14). The monoisotopic (exact) mass is 192 g/mol. The van der Waals surface area contributed by atoms with Crippen LogP contribution in [0.3, 0.4) is 0 Å². The van der Waals surface area contributed by atoms with Crippen LogP contribution in [-0.2, 0) is 9.59 Å². The molecular formula is C10H12N2O2. The highest BCUT2D eigenvalue weighted by atomic mass is 16.2. The fourth-order valence-corrected chi connectivity index (χ4v) is 0.971. The molecule has 1 aromatic rings. The molecule has 0 bridgehead atoms. The lowest BCUT2D eigenvalue weighted by Crippen LogP contribution is -2.29. The second-order valence-electron chi connectivity index (χ2n) is 2.71. The maximum atomic E-state index is 11.2. The number of carbonyl (C=O) groups excluding carboxylic acids is 2. The normalized spacial score (nSPS) is 9.43. The molecule has 0 aliphatic heterocycles. The Morgan fingerprint density at radius 1 is 1.29 bits per heavy atom. The predicted molar refractivity (Wildman–Crippen MR) is 54.0 cm³/mol. The van der Waals surface area contributed by atoms with Gasteiger partial charge in [-0.3, -0.25) is 4.79 Å². The van der Waals surface area contributed by atoms with E-state index in [1.54, 1.807) is 12.1 Å². The highest BCUT2D eigenvalue weighted by molar-refractivity contribution is 5.92. The number of anilines is 1. The minimum absolute atomic E-state index is 0.146. The number of rotatable bonds is 5. The second kappa shape index (κ2) is 5.88. The van der Waals surface area contributed by atoms with Gasteiger partial charge in [-0.1, -0.05) is 18.2 Å². The van der Waals surface area contributed by atoms with E-state index in [4.69, 9.17) is 0 Å². The van der Waals surface area contributed by atoms with Crippen LogP contribution in [0.1, 0.15) is 0 Å². The molecule has 0 fully saturated rings. The molecule has 0 aromatic heterocycles. The van der Waals surface area contributed by atoms with Gasteiger partial charge in [0.25, 0.3) is 0 Å². The quantitative estimate of drug-likeness (QED) is 0.525. The summed E-state index contributed by atoms with van der Waals surface area (Å²) in [6.45, 7) is 0.343. The van der Waals surface area contributed by atoms with Crippen molar-refractivity contribution in [2.75, 3.05) is 18.4 Å². The SMILES string of the molecule is O=CCNCC(=O)Nc1ccccc1. The molecule has 2 N–H and O–H groups in total. The molecule has 4 heteroatoms. The Kier molecular flexibility index (Phi) is 4.37. The van der Waals surface area contributed by atoms with Crippen LogP contribution in [0.2, 0.25) is 0 Å². The fraction of sp³-hybridized carbons (Fsp3) is 0.200. The molecule has 0 saturated carbocycles. The lowest BCUT2D eigenvalue weighted by molar-refractivity contribution is -0.115. The van der Waals surface area contributed by atoms with Crippen molar-refractivity contribution in [2.24, 2.45) is 0 Å². The Bertz CT molecular complexity index is 298. The maximum Gasteiger partial charge on any atom is 0.238 e. The summed E-state index contributed by atoms with van der Waals surface area (Å²) in [5.41, 5.74) is 0.755. The van der Waals surface area contributed by atoms with Gasteiger partial charge in [0.2, 0.25) is 5.91 Å². The largest absolute Gasteiger partial charge is 0.325 e. The molecule has 0 unspecified atom stereocenters. The Morgan fingerprint density at radius 3 is 2.64 bits per heavy atom. The highest BCUT2D eigenvalue weighted by Gasteiger charge is 1.99. The fourth-order valence-electron chi connectivity index (χ4n) is 0.971. The van der Waals surface area contributed by atoms with Crippen LogP contribution in [0.5, 0.6) is 0 Å². The lowest BCUT2D eigenvalue weighted by Gasteiger charge is -2.04. The van der Waals surface area contributed by atoms with E-state index in [2.05, 4.69) is 10.6 Å². The zero-order chi connectivity index (χ0) is 10.2. The van der Waals surface area contributed by atoms with E-state index in [1.165, 1.54) is 0 Å². The summed E-state index contributed by atoms with van der Waals surface area (Å²) in [4.78, 5) is 21.1. The van der Waals surface area contributed by atoms with Crippen LogP contribution in [0, 0.1) is 0 Å². The van der Waals surface area contributed by atoms with Gasteiger partial charge in [-0.05, 0) is 12.1 Å². The molecule has 0 saturated heterocycles. The van der Waals surface area contributed by atoms with Crippen molar-refractivity contribution >= 4 is 17.9 Å². The maximum absolute atomic E-state index is 11.2. The van der Waals surface area contributed by atoms with Crippen LogP contribution in [0.15, 0.2) is 30.3 Å². The molecule has 0 radical (unpaired) electrons. The average molecular weight is 192 g/mol. The van der Waals surface area contributed by atoms with Crippen molar-refractivity contribution < 1.29 is 9.59 Å². The molecule has 4 nitrogen and oxygen atoms in total. The van der Waals surface area contributed by atoms with Gasteiger partial charge in [-0.25, -0.2) is 0 Å². The summed E-state index contributed by atoms with van der Waals surface area (Å²) < 4.78 is 0. The molecule has 14 heavy (non-hydrogen) atoms. The number of aldehydes is 1. The van der Waals surface area contributed by atoms with Crippen molar-refractivity contribution in [3.05, 3.63) is 30.3 Å². The second-order valence-corrected chi connectivity index (χ2v) is 2.71. The molecule has 0 spiro atoms. The molecule has 0 aliphatic carbocycles. The van der Waals surface area contributed by atoms with Gasteiger partial charge >= 0.3 is 0 Å². The van der Waals surface area contributed by atoms with Gasteiger partial charge < -0.3 is 15.4 Å².